The van der Waals surface area contributed by atoms with Gasteiger partial charge in [0.05, 0.1) is 6.26 Å². The predicted molar refractivity (Wildman–Crippen MR) is 109 cm³/mol. The van der Waals surface area contributed by atoms with E-state index in [1.807, 2.05) is 0 Å². The molecule has 0 radical (unpaired) electrons. The molecule has 1 nitrogen and oxygen atoms in total. The van der Waals surface area contributed by atoms with E-state index in [2.05, 4.69) is 43.5 Å². The number of hydrogen-bond donors (Lipinski definition) is 0. The van der Waals surface area contributed by atoms with Crippen LogP contribution in [0.5, 0.6) is 0 Å². The van der Waals surface area contributed by atoms with Crippen LogP contribution in [0.25, 0.3) is 0 Å². The molecule has 2 rings (SSSR count). The van der Waals surface area contributed by atoms with Crippen LogP contribution < -0.4 is 0 Å². The van der Waals surface area contributed by atoms with E-state index in [0.29, 0.717) is 0 Å². The van der Waals surface area contributed by atoms with E-state index in [1.54, 1.807) is 0 Å². The normalized spacial score (nSPS) is 20.1. The van der Waals surface area contributed by atoms with Crippen LogP contribution in [0.15, 0.2) is 42.2 Å². The third-order valence-corrected chi connectivity index (χ3v) is 5.45. The van der Waals surface area contributed by atoms with E-state index in [9.17, 15) is 0 Å². The van der Waals surface area contributed by atoms with Gasteiger partial charge in [-0.15, -0.1) is 0 Å². The second kappa shape index (κ2) is 13.0. The average Bonchev–Trinajstić information content (AvgIpc) is 2.66. The quantitative estimate of drug-likeness (QED) is 0.504. The molecule has 140 valence electrons. The van der Waals surface area contributed by atoms with Gasteiger partial charge < -0.3 is 4.74 Å². The summed E-state index contributed by atoms with van der Waals surface area (Å²) < 4.78 is 6.09. The number of allylic oxidation sites excluding steroid dienone is 1. The molecule has 1 aliphatic rings. The van der Waals surface area contributed by atoms with Gasteiger partial charge in [-0.25, -0.2) is 0 Å². The van der Waals surface area contributed by atoms with Crippen molar-refractivity contribution in [1.29, 1.82) is 0 Å². The summed E-state index contributed by atoms with van der Waals surface area (Å²) in [6.45, 7) is 2.15. The van der Waals surface area contributed by atoms with Crippen LogP contribution in [0.4, 0.5) is 0 Å². The van der Waals surface area contributed by atoms with Crippen LogP contribution in [-0.4, -0.2) is 0 Å². The molecule has 0 bridgehead atoms. The van der Waals surface area contributed by atoms with E-state index in [0.717, 1.165) is 0 Å². The highest BCUT2D eigenvalue weighted by atomic mass is 16.5. The summed E-state index contributed by atoms with van der Waals surface area (Å²) in [5, 5.41) is 0. The standard InChI is InChI=1S/C24H38O/c1-22(24-19-15-12-16-20-24)25-21-23-17-13-10-8-6-4-2-3-5-7-9-11-14-18-23/h12,15-16,19-22H,2-11,13-14,17-18H2,1H3. The first-order chi connectivity index (χ1) is 12.4. The fraction of sp³-hybridized carbons (Fsp3) is 0.667. The molecule has 1 heteroatoms. The van der Waals surface area contributed by atoms with Crippen molar-refractivity contribution < 1.29 is 4.74 Å². The van der Waals surface area contributed by atoms with Crippen molar-refractivity contribution >= 4 is 0 Å². The summed E-state index contributed by atoms with van der Waals surface area (Å²) in [6, 6.07) is 10.5. The first-order valence-corrected chi connectivity index (χ1v) is 10.7. The molecule has 0 amide bonds. The van der Waals surface area contributed by atoms with Gasteiger partial charge in [0.1, 0.15) is 6.10 Å². The van der Waals surface area contributed by atoms with Crippen LogP contribution in [0.1, 0.15) is 108 Å². The van der Waals surface area contributed by atoms with Gasteiger partial charge in [0.25, 0.3) is 0 Å². The van der Waals surface area contributed by atoms with E-state index < -0.39 is 0 Å². The van der Waals surface area contributed by atoms with Crippen molar-refractivity contribution in [3.8, 4) is 0 Å². The average molecular weight is 343 g/mol. The molecule has 1 aromatic carbocycles. The molecule has 1 aromatic rings. The Kier molecular flexibility index (Phi) is 10.5. The lowest BCUT2D eigenvalue weighted by Crippen LogP contribution is -1.96. The minimum atomic E-state index is 0.144. The monoisotopic (exact) mass is 342 g/mol. The van der Waals surface area contributed by atoms with Crippen molar-refractivity contribution in [2.45, 2.75) is 103 Å². The van der Waals surface area contributed by atoms with Gasteiger partial charge >= 0.3 is 0 Å². The van der Waals surface area contributed by atoms with Gasteiger partial charge in [-0.05, 0) is 43.7 Å². The molecule has 0 aromatic heterocycles. The molecule has 0 aliphatic heterocycles. The summed E-state index contributed by atoms with van der Waals surface area (Å²) in [7, 11) is 0. The molecule has 1 unspecified atom stereocenters. The lowest BCUT2D eigenvalue weighted by atomic mass is 10.0. The molecule has 1 saturated carbocycles. The SMILES string of the molecule is CC(OC=C1CCCCCCCCCCCCCC1)c1ccccc1. The van der Waals surface area contributed by atoms with Crippen LogP contribution in [0.3, 0.4) is 0 Å². The minimum Gasteiger partial charge on any atom is -0.494 e. The zero-order valence-electron chi connectivity index (χ0n) is 16.3. The lowest BCUT2D eigenvalue weighted by molar-refractivity contribution is 0.160. The van der Waals surface area contributed by atoms with E-state index >= 15 is 0 Å². The molecule has 1 fully saturated rings. The molecule has 1 aliphatic carbocycles. The molecular weight excluding hydrogens is 304 g/mol. The number of rotatable bonds is 3. The van der Waals surface area contributed by atoms with E-state index in [1.165, 1.54) is 101 Å². The highest BCUT2D eigenvalue weighted by Gasteiger charge is 2.06. The molecule has 0 saturated heterocycles. The first-order valence-electron chi connectivity index (χ1n) is 10.7. The van der Waals surface area contributed by atoms with Gasteiger partial charge in [0, 0.05) is 0 Å². The Morgan fingerprint density at radius 3 is 1.60 bits per heavy atom. The first kappa shape index (κ1) is 20.1. The summed E-state index contributed by atoms with van der Waals surface area (Å²) in [5.41, 5.74) is 2.79. The number of ether oxygens (including phenoxy) is 1. The Hall–Kier alpha value is -1.24. The maximum absolute atomic E-state index is 6.09. The fourth-order valence-corrected chi connectivity index (χ4v) is 3.72. The molecular formula is C24H38O. The Morgan fingerprint density at radius 1 is 0.680 bits per heavy atom. The van der Waals surface area contributed by atoms with Gasteiger partial charge in [0.15, 0.2) is 0 Å². The zero-order valence-corrected chi connectivity index (χ0v) is 16.3. The lowest BCUT2D eigenvalue weighted by Gasteiger charge is -2.14. The maximum Gasteiger partial charge on any atom is 0.120 e. The second-order valence-electron chi connectivity index (χ2n) is 7.71. The molecule has 0 spiro atoms. The third-order valence-electron chi connectivity index (χ3n) is 5.45. The summed E-state index contributed by atoms with van der Waals surface area (Å²) >= 11 is 0. The highest BCUT2D eigenvalue weighted by Crippen LogP contribution is 2.23. The summed E-state index contributed by atoms with van der Waals surface area (Å²) in [4.78, 5) is 0. The maximum atomic E-state index is 6.09. The van der Waals surface area contributed by atoms with Crippen LogP contribution in [0.2, 0.25) is 0 Å². The predicted octanol–water partition coefficient (Wildman–Crippen LogP) is 8.12. The molecule has 0 N–H and O–H groups in total. The van der Waals surface area contributed by atoms with Crippen molar-refractivity contribution in [2.75, 3.05) is 0 Å². The van der Waals surface area contributed by atoms with E-state index in [-0.39, 0.29) is 6.10 Å². The largest absolute Gasteiger partial charge is 0.494 e. The zero-order chi connectivity index (χ0) is 17.6. The van der Waals surface area contributed by atoms with Crippen molar-refractivity contribution in [3.05, 3.63) is 47.7 Å². The number of benzene rings is 1. The third kappa shape index (κ3) is 9.14. The topological polar surface area (TPSA) is 9.23 Å². The van der Waals surface area contributed by atoms with Gasteiger partial charge in [-0.2, -0.15) is 0 Å². The Bertz CT molecular complexity index is 444. The highest BCUT2D eigenvalue weighted by molar-refractivity contribution is 5.17. The van der Waals surface area contributed by atoms with Crippen LogP contribution in [0, 0.1) is 0 Å². The smallest absolute Gasteiger partial charge is 0.120 e. The van der Waals surface area contributed by atoms with Crippen molar-refractivity contribution in [2.24, 2.45) is 0 Å². The Labute approximate surface area is 155 Å². The van der Waals surface area contributed by atoms with Gasteiger partial charge in [-0.3, -0.25) is 0 Å². The summed E-state index contributed by atoms with van der Waals surface area (Å²) in [5.74, 6) is 0. The minimum absolute atomic E-state index is 0.144. The van der Waals surface area contributed by atoms with Crippen LogP contribution in [-0.2, 0) is 4.74 Å². The Balaban J connectivity index is 1.83. The van der Waals surface area contributed by atoms with Crippen molar-refractivity contribution in [3.63, 3.8) is 0 Å². The fourth-order valence-electron chi connectivity index (χ4n) is 3.72. The number of hydrogen-bond acceptors (Lipinski definition) is 1. The molecule has 25 heavy (non-hydrogen) atoms. The van der Waals surface area contributed by atoms with E-state index in [4.69, 9.17) is 4.74 Å². The van der Waals surface area contributed by atoms with Gasteiger partial charge in [0.2, 0.25) is 0 Å². The van der Waals surface area contributed by atoms with Crippen molar-refractivity contribution in [1.82, 2.24) is 0 Å². The Morgan fingerprint density at radius 2 is 1.12 bits per heavy atom. The second-order valence-corrected chi connectivity index (χ2v) is 7.71. The molecule has 1 atom stereocenters. The van der Waals surface area contributed by atoms with Gasteiger partial charge in [-0.1, -0.05) is 94.5 Å². The summed E-state index contributed by atoms with van der Waals surface area (Å²) in [6.07, 6.45) is 21.6. The molecule has 0 heterocycles. The van der Waals surface area contributed by atoms with Crippen LogP contribution >= 0.6 is 0 Å².